The molecule has 1 N–H and O–H groups in total. The van der Waals surface area contributed by atoms with Crippen LogP contribution in [0.4, 0.5) is 0 Å². The lowest BCUT2D eigenvalue weighted by atomic mass is 10.00. The normalized spacial score (nSPS) is 10.9. The van der Waals surface area contributed by atoms with Gasteiger partial charge < -0.3 is 9.72 Å². The van der Waals surface area contributed by atoms with E-state index in [0.717, 1.165) is 32.8 Å². The van der Waals surface area contributed by atoms with Crippen molar-refractivity contribution in [1.29, 1.82) is 0 Å². The summed E-state index contributed by atoms with van der Waals surface area (Å²) in [6, 6.07) is 12.0. The van der Waals surface area contributed by atoms with E-state index in [2.05, 4.69) is 24.0 Å². The summed E-state index contributed by atoms with van der Waals surface area (Å²) in [6.45, 7) is 2.10. The fourth-order valence-corrected chi connectivity index (χ4v) is 2.51. The van der Waals surface area contributed by atoms with Gasteiger partial charge in [0.15, 0.2) is 0 Å². The van der Waals surface area contributed by atoms with Gasteiger partial charge in [0.2, 0.25) is 0 Å². The quantitative estimate of drug-likeness (QED) is 0.711. The number of aromatic amines is 1. The topological polar surface area (TPSA) is 25.0 Å². The maximum Gasteiger partial charge on any atom is 0.119 e. The highest BCUT2D eigenvalue weighted by Gasteiger charge is 2.10. The van der Waals surface area contributed by atoms with Crippen molar-refractivity contribution in [2.24, 2.45) is 0 Å². The highest BCUT2D eigenvalue weighted by molar-refractivity contribution is 6.31. The Bertz CT molecular complexity index is 746. The van der Waals surface area contributed by atoms with E-state index in [4.69, 9.17) is 16.3 Å². The minimum atomic E-state index is 0.744. The zero-order valence-electron chi connectivity index (χ0n) is 10.8. The van der Waals surface area contributed by atoms with Crippen LogP contribution in [-0.4, -0.2) is 12.1 Å². The van der Waals surface area contributed by atoms with Crippen LogP contribution < -0.4 is 4.74 Å². The van der Waals surface area contributed by atoms with E-state index in [1.807, 2.05) is 30.5 Å². The second kappa shape index (κ2) is 4.63. The first-order valence-corrected chi connectivity index (χ1v) is 6.48. The van der Waals surface area contributed by atoms with Crippen molar-refractivity contribution >= 4 is 22.5 Å². The first-order valence-electron chi connectivity index (χ1n) is 6.10. The van der Waals surface area contributed by atoms with Crippen molar-refractivity contribution in [1.82, 2.24) is 4.98 Å². The van der Waals surface area contributed by atoms with Crippen LogP contribution in [0.2, 0.25) is 5.02 Å². The van der Waals surface area contributed by atoms with Gasteiger partial charge >= 0.3 is 0 Å². The van der Waals surface area contributed by atoms with Crippen LogP contribution in [-0.2, 0) is 0 Å². The summed E-state index contributed by atoms with van der Waals surface area (Å²) in [7, 11) is 1.68. The molecule has 3 aromatic rings. The highest BCUT2D eigenvalue weighted by atomic mass is 35.5. The molecule has 0 saturated heterocycles. The van der Waals surface area contributed by atoms with Gasteiger partial charge in [-0.1, -0.05) is 17.7 Å². The molecular formula is C16H14ClNO. The fourth-order valence-electron chi connectivity index (χ4n) is 2.33. The Morgan fingerprint density at radius 3 is 2.68 bits per heavy atom. The molecule has 0 aliphatic heterocycles. The molecular weight excluding hydrogens is 258 g/mol. The minimum Gasteiger partial charge on any atom is -0.497 e. The summed E-state index contributed by atoms with van der Waals surface area (Å²) in [5, 5.41) is 1.87. The van der Waals surface area contributed by atoms with Crippen LogP contribution in [0.15, 0.2) is 42.6 Å². The number of methoxy groups -OCH3 is 1. The molecule has 0 atom stereocenters. The molecule has 0 radical (unpaired) electrons. The van der Waals surface area contributed by atoms with E-state index in [9.17, 15) is 0 Å². The van der Waals surface area contributed by atoms with Crippen LogP contribution >= 0.6 is 11.6 Å². The maximum atomic E-state index is 6.09. The van der Waals surface area contributed by atoms with E-state index in [-0.39, 0.29) is 0 Å². The van der Waals surface area contributed by atoms with Crippen LogP contribution in [0.1, 0.15) is 5.56 Å². The van der Waals surface area contributed by atoms with Crippen molar-refractivity contribution in [3.8, 4) is 16.9 Å². The second-order valence-electron chi connectivity index (χ2n) is 4.57. The van der Waals surface area contributed by atoms with Gasteiger partial charge in [-0.05, 0) is 48.4 Å². The number of hydrogen-bond acceptors (Lipinski definition) is 1. The zero-order chi connectivity index (χ0) is 13.4. The number of ether oxygens (including phenoxy) is 1. The first-order chi connectivity index (χ1) is 9.19. The zero-order valence-corrected chi connectivity index (χ0v) is 11.6. The van der Waals surface area contributed by atoms with Crippen molar-refractivity contribution in [2.75, 3.05) is 7.11 Å². The molecule has 19 heavy (non-hydrogen) atoms. The Kier molecular flexibility index (Phi) is 2.96. The third-order valence-corrected chi connectivity index (χ3v) is 3.61. The van der Waals surface area contributed by atoms with Gasteiger partial charge in [0.05, 0.1) is 7.11 Å². The Morgan fingerprint density at radius 1 is 1.05 bits per heavy atom. The van der Waals surface area contributed by atoms with Crippen LogP contribution in [0.5, 0.6) is 5.75 Å². The van der Waals surface area contributed by atoms with Gasteiger partial charge in [0.25, 0.3) is 0 Å². The Balaban J connectivity index is 2.26. The molecule has 0 saturated carbocycles. The summed E-state index contributed by atoms with van der Waals surface area (Å²) in [5.74, 6) is 0.858. The number of halogens is 1. The SMILES string of the molecule is COc1ccc(C)c(-c2c[nH]c3ccc(Cl)cc23)c1. The Hall–Kier alpha value is -1.93. The molecule has 1 aromatic heterocycles. The van der Waals surface area contributed by atoms with Crippen LogP contribution in [0.3, 0.4) is 0 Å². The lowest BCUT2D eigenvalue weighted by Gasteiger charge is -2.07. The number of H-pyrrole nitrogens is 1. The van der Waals surface area contributed by atoms with Crippen molar-refractivity contribution in [3.63, 3.8) is 0 Å². The molecule has 1 heterocycles. The predicted molar refractivity (Wildman–Crippen MR) is 80.0 cm³/mol. The van der Waals surface area contributed by atoms with Crippen molar-refractivity contribution in [3.05, 3.63) is 53.2 Å². The van der Waals surface area contributed by atoms with Crippen molar-refractivity contribution < 1.29 is 4.74 Å². The van der Waals surface area contributed by atoms with Gasteiger partial charge in [0, 0.05) is 27.7 Å². The lowest BCUT2D eigenvalue weighted by molar-refractivity contribution is 0.415. The maximum absolute atomic E-state index is 6.09. The Labute approximate surface area is 117 Å². The smallest absolute Gasteiger partial charge is 0.119 e. The second-order valence-corrected chi connectivity index (χ2v) is 5.01. The Morgan fingerprint density at radius 2 is 1.89 bits per heavy atom. The van der Waals surface area contributed by atoms with Crippen molar-refractivity contribution in [2.45, 2.75) is 6.92 Å². The largest absolute Gasteiger partial charge is 0.497 e. The number of fused-ring (bicyclic) bond motifs is 1. The molecule has 0 bridgehead atoms. The molecule has 0 aliphatic rings. The summed E-state index contributed by atoms with van der Waals surface area (Å²) in [4.78, 5) is 3.28. The average Bonchev–Trinajstić information content (AvgIpc) is 2.82. The average molecular weight is 272 g/mol. The van der Waals surface area contributed by atoms with Gasteiger partial charge in [-0.25, -0.2) is 0 Å². The molecule has 0 spiro atoms. The number of aryl methyl sites for hydroxylation is 1. The molecule has 2 aromatic carbocycles. The van der Waals surface area contributed by atoms with E-state index in [1.54, 1.807) is 7.11 Å². The number of rotatable bonds is 2. The number of hydrogen-bond donors (Lipinski definition) is 1. The number of benzene rings is 2. The monoisotopic (exact) mass is 271 g/mol. The van der Waals surface area contributed by atoms with Crippen LogP contribution in [0, 0.1) is 6.92 Å². The van der Waals surface area contributed by atoms with Gasteiger partial charge in [0.1, 0.15) is 5.75 Å². The third kappa shape index (κ3) is 2.08. The standard InChI is InChI=1S/C16H14ClNO/c1-10-3-5-12(19-2)8-13(10)15-9-18-16-6-4-11(17)7-14(15)16/h3-9,18H,1-2H3. The molecule has 96 valence electrons. The molecule has 2 nitrogen and oxygen atoms in total. The van der Waals surface area contributed by atoms with Gasteiger partial charge in [-0.15, -0.1) is 0 Å². The molecule has 0 fully saturated rings. The molecule has 3 heteroatoms. The van der Waals surface area contributed by atoms with Crippen LogP contribution in [0.25, 0.3) is 22.0 Å². The third-order valence-electron chi connectivity index (χ3n) is 3.38. The van der Waals surface area contributed by atoms with E-state index in [1.165, 1.54) is 5.56 Å². The summed E-state index contributed by atoms with van der Waals surface area (Å²) >= 11 is 6.09. The minimum absolute atomic E-state index is 0.744. The molecule has 3 rings (SSSR count). The summed E-state index contributed by atoms with van der Waals surface area (Å²) < 4.78 is 5.31. The molecule has 0 aliphatic carbocycles. The first kappa shape index (κ1) is 12.1. The fraction of sp³-hybridized carbons (Fsp3) is 0.125. The summed E-state index contributed by atoms with van der Waals surface area (Å²) in [6.07, 6.45) is 2.02. The molecule has 0 amide bonds. The van der Waals surface area contributed by atoms with Gasteiger partial charge in [-0.2, -0.15) is 0 Å². The molecule has 0 unspecified atom stereocenters. The number of aromatic nitrogens is 1. The number of nitrogens with one attached hydrogen (secondary N) is 1. The van der Waals surface area contributed by atoms with E-state index >= 15 is 0 Å². The van der Waals surface area contributed by atoms with E-state index in [0.29, 0.717) is 0 Å². The summed E-state index contributed by atoms with van der Waals surface area (Å²) in [5.41, 5.74) is 4.60. The predicted octanol–water partition coefficient (Wildman–Crippen LogP) is 4.81. The van der Waals surface area contributed by atoms with Gasteiger partial charge in [-0.3, -0.25) is 0 Å². The highest BCUT2D eigenvalue weighted by Crippen LogP contribution is 2.34. The van der Waals surface area contributed by atoms with E-state index < -0.39 is 0 Å². The lowest BCUT2D eigenvalue weighted by Crippen LogP contribution is -1.86.